The molecule has 0 bridgehead atoms. The molecule has 98 valence electrons. The van der Waals surface area contributed by atoms with E-state index >= 15 is 0 Å². The van der Waals surface area contributed by atoms with E-state index in [0.717, 1.165) is 31.1 Å². The molecule has 18 heavy (non-hydrogen) atoms. The molecule has 0 radical (unpaired) electrons. The first-order valence-corrected chi connectivity index (χ1v) is 6.50. The molecule has 1 aliphatic heterocycles. The Labute approximate surface area is 109 Å². The van der Waals surface area contributed by atoms with Gasteiger partial charge in [-0.3, -0.25) is 4.79 Å². The van der Waals surface area contributed by atoms with Crippen molar-refractivity contribution < 1.29 is 4.79 Å². The average Bonchev–Trinajstić information content (AvgIpc) is 2.39. The van der Waals surface area contributed by atoms with E-state index in [2.05, 4.69) is 28.9 Å². The summed E-state index contributed by atoms with van der Waals surface area (Å²) in [5.41, 5.74) is 0.640. The van der Waals surface area contributed by atoms with Crippen molar-refractivity contribution in [2.75, 3.05) is 38.6 Å². The molecular formula is C14H21N3O. The van der Waals surface area contributed by atoms with Crippen LogP contribution in [0.2, 0.25) is 0 Å². The maximum atomic E-state index is 10.6. The summed E-state index contributed by atoms with van der Waals surface area (Å²) >= 11 is 0. The Bertz CT molecular complexity index is 381. The molecule has 4 heteroatoms. The van der Waals surface area contributed by atoms with Gasteiger partial charge in [-0.1, -0.05) is 0 Å². The summed E-state index contributed by atoms with van der Waals surface area (Å²) < 4.78 is 0. The molecule has 2 heterocycles. The molecule has 0 unspecified atom stereocenters. The third-order valence-electron chi connectivity index (χ3n) is 3.47. The SMILES string of the molecule is CN(C)CC1CCN(c2ccc(C=O)cn2)CC1. The van der Waals surface area contributed by atoms with E-state index in [1.54, 1.807) is 6.20 Å². The monoisotopic (exact) mass is 247 g/mol. The molecule has 0 saturated carbocycles. The van der Waals surface area contributed by atoms with Crippen LogP contribution in [0.3, 0.4) is 0 Å². The lowest BCUT2D eigenvalue weighted by Gasteiger charge is -2.33. The Morgan fingerprint density at radius 1 is 1.39 bits per heavy atom. The Morgan fingerprint density at radius 2 is 2.11 bits per heavy atom. The Kier molecular flexibility index (Phi) is 4.31. The highest BCUT2D eigenvalue weighted by molar-refractivity contribution is 5.74. The third-order valence-corrected chi connectivity index (χ3v) is 3.47. The molecule has 0 N–H and O–H groups in total. The van der Waals surface area contributed by atoms with Crippen LogP contribution in [0.25, 0.3) is 0 Å². The zero-order chi connectivity index (χ0) is 13.0. The van der Waals surface area contributed by atoms with Crippen LogP contribution in [-0.2, 0) is 0 Å². The first kappa shape index (κ1) is 13.0. The standard InChI is InChI=1S/C14H21N3O/c1-16(2)10-12-5-7-17(8-6-12)14-4-3-13(11-18)9-15-14/h3-4,9,11-12H,5-8,10H2,1-2H3. The summed E-state index contributed by atoms with van der Waals surface area (Å²) in [6.07, 6.45) is 4.92. The predicted octanol–water partition coefficient (Wildman–Crippen LogP) is 1.67. The van der Waals surface area contributed by atoms with E-state index in [0.29, 0.717) is 5.56 Å². The summed E-state index contributed by atoms with van der Waals surface area (Å²) in [6.45, 7) is 3.29. The molecule has 0 aliphatic carbocycles. The molecule has 0 spiro atoms. The van der Waals surface area contributed by atoms with Gasteiger partial charge in [0, 0.05) is 31.4 Å². The molecule has 0 aromatic carbocycles. The number of piperidine rings is 1. The van der Waals surface area contributed by atoms with Gasteiger partial charge < -0.3 is 9.80 Å². The summed E-state index contributed by atoms with van der Waals surface area (Å²) in [5, 5.41) is 0. The lowest BCUT2D eigenvalue weighted by atomic mass is 9.96. The van der Waals surface area contributed by atoms with Gasteiger partial charge in [0.2, 0.25) is 0 Å². The number of pyridine rings is 1. The summed E-state index contributed by atoms with van der Waals surface area (Å²) in [7, 11) is 4.26. The van der Waals surface area contributed by atoms with Gasteiger partial charge in [-0.15, -0.1) is 0 Å². The van der Waals surface area contributed by atoms with Crippen LogP contribution in [0, 0.1) is 5.92 Å². The molecule has 0 amide bonds. The normalized spacial score (nSPS) is 17.2. The maximum Gasteiger partial charge on any atom is 0.151 e. The van der Waals surface area contributed by atoms with Crippen molar-refractivity contribution in [1.82, 2.24) is 9.88 Å². The van der Waals surface area contributed by atoms with Gasteiger partial charge in [-0.05, 0) is 45.0 Å². The van der Waals surface area contributed by atoms with Crippen LogP contribution in [0.15, 0.2) is 18.3 Å². The van der Waals surface area contributed by atoms with Crippen molar-refractivity contribution in [3.05, 3.63) is 23.9 Å². The van der Waals surface area contributed by atoms with Gasteiger partial charge in [0.05, 0.1) is 0 Å². The van der Waals surface area contributed by atoms with Crippen LogP contribution in [0.1, 0.15) is 23.2 Å². The zero-order valence-corrected chi connectivity index (χ0v) is 11.2. The van der Waals surface area contributed by atoms with Gasteiger partial charge in [0.15, 0.2) is 6.29 Å². The fourth-order valence-electron chi connectivity index (χ4n) is 2.52. The van der Waals surface area contributed by atoms with Gasteiger partial charge >= 0.3 is 0 Å². The van der Waals surface area contributed by atoms with Gasteiger partial charge in [0.25, 0.3) is 0 Å². The molecule has 1 aromatic heterocycles. The van der Waals surface area contributed by atoms with E-state index < -0.39 is 0 Å². The Hall–Kier alpha value is -1.42. The number of hydrogen-bond donors (Lipinski definition) is 0. The second-order valence-electron chi connectivity index (χ2n) is 5.26. The number of hydrogen-bond acceptors (Lipinski definition) is 4. The van der Waals surface area contributed by atoms with Gasteiger partial charge in [-0.2, -0.15) is 0 Å². The fraction of sp³-hybridized carbons (Fsp3) is 0.571. The topological polar surface area (TPSA) is 36.4 Å². The maximum absolute atomic E-state index is 10.6. The molecule has 2 rings (SSSR count). The van der Waals surface area contributed by atoms with E-state index in [-0.39, 0.29) is 0 Å². The van der Waals surface area contributed by atoms with E-state index in [9.17, 15) is 4.79 Å². The van der Waals surface area contributed by atoms with Crippen molar-refractivity contribution in [3.63, 3.8) is 0 Å². The Morgan fingerprint density at radius 3 is 2.61 bits per heavy atom. The molecule has 4 nitrogen and oxygen atoms in total. The van der Waals surface area contributed by atoms with Gasteiger partial charge in [0.1, 0.15) is 5.82 Å². The van der Waals surface area contributed by atoms with Crippen molar-refractivity contribution in [1.29, 1.82) is 0 Å². The minimum atomic E-state index is 0.640. The van der Waals surface area contributed by atoms with Crippen LogP contribution >= 0.6 is 0 Å². The number of carbonyl (C=O) groups excluding carboxylic acids is 1. The number of rotatable bonds is 4. The predicted molar refractivity (Wildman–Crippen MR) is 73.1 cm³/mol. The van der Waals surface area contributed by atoms with Crippen LogP contribution < -0.4 is 4.90 Å². The second-order valence-corrected chi connectivity index (χ2v) is 5.26. The molecule has 1 saturated heterocycles. The van der Waals surface area contributed by atoms with Gasteiger partial charge in [-0.25, -0.2) is 4.98 Å². The average molecular weight is 247 g/mol. The number of aromatic nitrogens is 1. The first-order valence-electron chi connectivity index (χ1n) is 6.50. The lowest BCUT2D eigenvalue weighted by molar-refractivity contribution is 0.112. The fourth-order valence-corrected chi connectivity index (χ4v) is 2.52. The minimum absolute atomic E-state index is 0.640. The number of aldehydes is 1. The van der Waals surface area contributed by atoms with Crippen molar-refractivity contribution in [2.45, 2.75) is 12.8 Å². The second kappa shape index (κ2) is 5.96. The summed E-state index contributed by atoms with van der Waals surface area (Å²) in [6, 6.07) is 3.78. The molecule has 1 aliphatic rings. The molecular weight excluding hydrogens is 226 g/mol. The third kappa shape index (κ3) is 3.29. The highest BCUT2D eigenvalue weighted by Crippen LogP contribution is 2.22. The van der Waals surface area contributed by atoms with E-state index in [1.807, 2.05) is 12.1 Å². The van der Waals surface area contributed by atoms with Crippen molar-refractivity contribution >= 4 is 12.1 Å². The first-order chi connectivity index (χ1) is 8.69. The molecule has 0 atom stereocenters. The zero-order valence-electron chi connectivity index (χ0n) is 11.2. The highest BCUT2D eigenvalue weighted by Gasteiger charge is 2.20. The number of nitrogens with zero attached hydrogens (tertiary/aromatic N) is 3. The smallest absolute Gasteiger partial charge is 0.151 e. The summed E-state index contributed by atoms with van der Waals surface area (Å²) in [4.78, 5) is 19.5. The molecule has 1 aromatic rings. The quantitative estimate of drug-likeness (QED) is 0.758. The lowest BCUT2D eigenvalue weighted by Crippen LogP contribution is -2.37. The van der Waals surface area contributed by atoms with Crippen LogP contribution in [-0.4, -0.2) is 49.9 Å². The Balaban J connectivity index is 1.90. The molecule has 1 fully saturated rings. The summed E-state index contributed by atoms with van der Waals surface area (Å²) in [5.74, 6) is 1.79. The minimum Gasteiger partial charge on any atom is -0.357 e. The number of anilines is 1. The van der Waals surface area contributed by atoms with E-state index in [1.165, 1.54) is 19.4 Å². The van der Waals surface area contributed by atoms with E-state index in [4.69, 9.17) is 0 Å². The van der Waals surface area contributed by atoms with Crippen molar-refractivity contribution in [3.8, 4) is 0 Å². The van der Waals surface area contributed by atoms with Crippen LogP contribution in [0.5, 0.6) is 0 Å². The van der Waals surface area contributed by atoms with Crippen molar-refractivity contribution in [2.24, 2.45) is 5.92 Å². The highest BCUT2D eigenvalue weighted by atomic mass is 16.1. The van der Waals surface area contributed by atoms with Crippen LogP contribution in [0.4, 0.5) is 5.82 Å². The number of carbonyl (C=O) groups is 1. The largest absolute Gasteiger partial charge is 0.357 e.